The molecule has 2 fully saturated rings. The molecule has 3 aliphatic carbocycles. The number of hydrogen-bond donors (Lipinski definition) is 1. The topological polar surface area (TPSA) is 21.3 Å². The second-order valence-corrected chi connectivity index (χ2v) is 11.1. The van der Waals surface area contributed by atoms with E-state index in [0.717, 1.165) is 23.5 Å². The summed E-state index contributed by atoms with van der Waals surface area (Å²) in [7, 11) is 1.78. The monoisotopic (exact) mass is 451 g/mol. The van der Waals surface area contributed by atoms with E-state index in [1.807, 2.05) is 0 Å². The third-order valence-electron chi connectivity index (χ3n) is 9.57. The van der Waals surface area contributed by atoms with Crippen LogP contribution in [0.25, 0.3) is 0 Å². The van der Waals surface area contributed by atoms with E-state index in [0.29, 0.717) is 11.5 Å². The molecule has 0 spiro atoms. The minimum atomic E-state index is 0.250. The zero-order valence-corrected chi connectivity index (χ0v) is 20.5. The molecule has 0 aliphatic heterocycles. The van der Waals surface area contributed by atoms with Crippen LogP contribution in [0.5, 0.6) is 5.75 Å². The molecule has 0 bridgehead atoms. The zero-order valence-electron chi connectivity index (χ0n) is 20.5. The summed E-state index contributed by atoms with van der Waals surface area (Å²) < 4.78 is 5.52. The number of aryl methyl sites for hydroxylation is 1. The normalized spacial score (nSPS) is 29.9. The lowest BCUT2D eigenvalue weighted by molar-refractivity contribution is 0.0394. The van der Waals surface area contributed by atoms with Crippen LogP contribution >= 0.6 is 0 Å². The van der Waals surface area contributed by atoms with Gasteiger partial charge in [0.15, 0.2) is 0 Å². The Balaban J connectivity index is 1.27. The summed E-state index contributed by atoms with van der Waals surface area (Å²) in [6, 6.07) is 29.7. The van der Waals surface area contributed by atoms with Crippen LogP contribution in [-0.4, -0.2) is 13.2 Å². The quantitative estimate of drug-likeness (QED) is 0.439. The first kappa shape index (κ1) is 21.9. The van der Waals surface area contributed by atoms with Crippen LogP contribution in [0.1, 0.15) is 73.2 Å². The van der Waals surface area contributed by atoms with E-state index in [1.54, 1.807) is 12.7 Å². The largest absolute Gasteiger partial charge is 0.497 e. The third kappa shape index (κ3) is 3.67. The smallest absolute Gasteiger partial charge is 0.119 e. The lowest BCUT2D eigenvalue weighted by atomic mass is 9.55. The molecule has 2 heteroatoms. The minimum Gasteiger partial charge on any atom is -0.497 e. The fourth-order valence-electron chi connectivity index (χ4n) is 7.84. The average Bonchev–Trinajstić information content (AvgIpc) is 3.23. The van der Waals surface area contributed by atoms with Gasteiger partial charge in [-0.05, 0) is 96.1 Å². The van der Waals surface area contributed by atoms with Gasteiger partial charge in [0, 0.05) is 6.04 Å². The summed E-state index contributed by atoms with van der Waals surface area (Å²) in [5.41, 5.74) is 6.25. The van der Waals surface area contributed by atoms with Crippen LogP contribution in [0.15, 0.2) is 78.9 Å². The molecule has 2 saturated carbocycles. The Hall–Kier alpha value is -2.58. The molecule has 176 valence electrons. The maximum absolute atomic E-state index is 5.52. The molecule has 3 aromatic rings. The summed E-state index contributed by atoms with van der Waals surface area (Å²) in [5.74, 6) is 3.37. The van der Waals surface area contributed by atoms with E-state index in [9.17, 15) is 0 Å². The van der Waals surface area contributed by atoms with E-state index in [4.69, 9.17) is 4.74 Å². The van der Waals surface area contributed by atoms with Gasteiger partial charge in [-0.1, -0.05) is 73.7 Å². The maximum Gasteiger partial charge on any atom is 0.119 e. The molecule has 6 rings (SSSR count). The van der Waals surface area contributed by atoms with Gasteiger partial charge in [-0.3, -0.25) is 0 Å². The Kier molecular flexibility index (Phi) is 5.73. The van der Waals surface area contributed by atoms with Gasteiger partial charge in [0.1, 0.15) is 5.75 Å². The fourth-order valence-corrected chi connectivity index (χ4v) is 7.84. The number of ether oxygens (including phenoxy) is 1. The second kappa shape index (κ2) is 8.89. The van der Waals surface area contributed by atoms with Crippen LogP contribution in [0, 0.1) is 17.3 Å². The highest BCUT2D eigenvalue weighted by molar-refractivity contribution is 5.41. The molecule has 0 heterocycles. The summed E-state index contributed by atoms with van der Waals surface area (Å²) in [6.45, 7) is 2.61. The van der Waals surface area contributed by atoms with Crippen molar-refractivity contribution in [3.05, 3.63) is 101 Å². The minimum absolute atomic E-state index is 0.250. The van der Waals surface area contributed by atoms with Crippen molar-refractivity contribution in [1.29, 1.82) is 0 Å². The lowest BCUT2D eigenvalue weighted by Gasteiger charge is -2.51. The van der Waals surface area contributed by atoms with E-state index in [-0.39, 0.29) is 6.04 Å². The van der Waals surface area contributed by atoms with Crippen molar-refractivity contribution in [2.75, 3.05) is 7.11 Å². The van der Waals surface area contributed by atoms with Crippen molar-refractivity contribution < 1.29 is 4.74 Å². The van der Waals surface area contributed by atoms with Gasteiger partial charge in [-0.15, -0.1) is 0 Å². The number of fused-ring (bicyclic) bond motifs is 5. The summed E-state index contributed by atoms with van der Waals surface area (Å²) in [6.07, 6.45) is 7.82. The molecule has 3 aromatic carbocycles. The predicted octanol–water partition coefficient (Wildman–Crippen LogP) is 7.30. The Morgan fingerprint density at radius 1 is 0.853 bits per heavy atom. The Bertz CT molecular complexity index is 1090. The Labute approximate surface area is 204 Å². The first-order valence-corrected chi connectivity index (χ1v) is 13.2. The molecule has 0 aromatic heterocycles. The summed E-state index contributed by atoms with van der Waals surface area (Å²) in [4.78, 5) is 0. The van der Waals surface area contributed by atoms with Crippen LogP contribution < -0.4 is 10.1 Å². The highest BCUT2D eigenvalue weighted by atomic mass is 16.5. The molecule has 0 unspecified atom stereocenters. The number of nitrogens with one attached hydrogen (secondary N) is 1. The molecule has 2 nitrogen and oxygen atoms in total. The molecule has 1 N–H and O–H groups in total. The number of methoxy groups -OCH3 is 1. The molecule has 5 atom stereocenters. The molecule has 34 heavy (non-hydrogen) atoms. The van der Waals surface area contributed by atoms with Gasteiger partial charge >= 0.3 is 0 Å². The Morgan fingerprint density at radius 2 is 1.56 bits per heavy atom. The van der Waals surface area contributed by atoms with Gasteiger partial charge < -0.3 is 10.1 Å². The number of hydrogen-bond acceptors (Lipinski definition) is 2. The van der Waals surface area contributed by atoms with Crippen molar-refractivity contribution in [3.8, 4) is 5.75 Å². The van der Waals surface area contributed by atoms with Crippen molar-refractivity contribution >= 4 is 0 Å². The lowest BCUT2D eigenvalue weighted by Crippen LogP contribution is -2.49. The van der Waals surface area contributed by atoms with Crippen molar-refractivity contribution in [1.82, 2.24) is 5.32 Å². The SMILES string of the molecule is COc1ccc2c(c1)CC[C@@H]1[C@@H]2CC[C@]2(C)[C@@H](NC(c3ccccc3)c3ccccc3)CC[C@@H]12. The molecular weight excluding hydrogens is 414 g/mol. The van der Waals surface area contributed by atoms with Crippen LogP contribution in [-0.2, 0) is 6.42 Å². The third-order valence-corrected chi connectivity index (χ3v) is 9.57. The van der Waals surface area contributed by atoms with Crippen LogP contribution in [0.2, 0.25) is 0 Å². The number of rotatable bonds is 5. The van der Waals surface area contributed by atoms with E-state index in [2.05, 4.69) is 91.1 Å². The van der Waals surface area contributed by atoms with Gasteiger partial charge in [0.05, 0.1) is 13.2 Å². The van der Waals surface area contributed by atoms with E-state index >= 15 is 0 Å². The first-order chi connectivity index (χ1) is 16.7. The van der Waals surface area contributed by atoms with Crippen LogP contribution in [0.4, 0.5) is 0 Å². The second-order valence-electron chi connectivity index (χ2n) is 11.1. The maximum atomic E-state index is 5.52. The molecule has 0 saturated heterocycles. The fraction of sp³-hybridized carbons (Fsp3) is 0.438. The number of benzene rings is 3. The highest BCUT2D eigenvalue weighted by Gasteiger charge is 2.55. The van der Waals surface area contributed by atoms with Crippen molar-refractivity contribution in [3.63, 3.8) is 0 Å². The molecule has 0 radical (unpaired) electrons. The highest BCUT2D eigenvalue weighted by Crippen LogP contribution is 2.61. The zero-order chi connectivity index (χ0) is 23.1. The van der Waals surface area contributed by atoms with Gasteiger partial charge in [0.25, 0.3) is 0 Å². The van der Waals surface area contributed by atoms with Gasteiger partial charge in [-0.25, -0.2) is 0 Å². The summed E-state index contributed by atoms with van der Waals surface area (Å²) >= 11 is 0. The van der Waals surface area contributed by atoms with Crippen LogP contribution in [0.3, 0.4) is 0 Å². The van der Waals surface area contributed by atoms with E-state index in [1.165, 1.54) is 55.2 Å². The predicted molar refractivity (Wildman–Crippen MR) is 139 cm³/mol. The molecule has 0 amide bonds. The Morgan fingerprint density at radius 3 is 2.24 bits per heavy atom. The van der Waals surface area contributed by atoms with Crippen molar-refractivity contribution in [2.45, 2.75) is 63.5 Å². The summed E-state index contributed by atoms with van der Waals surface area (Å²) in [5, 5.41) is 4.20. The van der Waals surface area contributed by atoms with Gasteiger partial charge in [0.2, 0.25) is 0 Å². The first-order valence-electron chi connectivity index (χ1n) is 13.2. The van der Waals surface area contributed by atoms with Gasteiger partial charge in [-0.2, -0.15) is 0 Å². The standard InChI is InChI=1S/C32H37NO/c1-32-20-19-27-26-16-14-25(34-2)21-24(26)13-15-28(27)29(32)17-18-30(32)33-31(22-9-5-3-6-10-22)23-11-7-4-8-12-23/h3-12,14,16,21,27-31,33H,13,15,17-20H2,1-2H3/t27-,28-,29+,30+,32+/m1/s1. The average molecular weight is 452 g/mol. The van der Waals surface area contributed by atoms with E-state index < -0.39 is 0 Å². The molecule has 3 aliphatic rings. The van der Waals surface area contributed by atoms with Crippen molar-refractivity contribution in [2.24, 2.45) is 17.3 Å². The molecular formula is C32H37NO.